The molecule has 2 atom stereocenters. The van der Waals surface area contributed by atoms with Gasteiger partial charge < -0.3 is 20.8 Å². The highest BCUT2D eigenvalue weighted by molar-refractivity contribution is 5.90. The number of rotatable bonds is 10. The lowest BCUT2D eigenvalue weighted by atomic mass is 9.94. The Morgan fingerprint density at radius 1 is 1.28 bits per heavy atom. The van der Waals surface area contributed by atoms with E-state index in [0.717, 1.165) is 11.3 Å². The number of hydrogen-bond donors (Lipinski definition) is 3. The quantitative estimate of drug-likeness (QED) is 0.400. The number of primary amides is 1. The molecule has 1 aliphatic rings. The Bertz CT molecular complexity index is 1230. The van der Waals surface area contributed by atoms with Crippen LogP contribution in [0.15, 0.2) is 55.0 Å². The van der Waals surface area contributed by atoms with Gasteiger partial charge in [0.2, 0.25) is 11.8 Å². The molecular weight excluding hydrogens is 465 g/mol. The third kappa shape index (κ3) is 6.07. The van der Waals surface area contributed by atoms with Crippen LogP contribution in [-0.2, 0) is 27.2 Å². The van der Waals surface area contributed by atoms with Crippen LogP contribution in [-0.4, -0.2) is 47.1 Å². The Balaban J connectivity index is 1.38. The average Bonchev–Trinajstić information content (AvgIpc) is 3.50. The number of anilines is 1. The van der Waals surface area contributed by atoms with E-state index in [1.165, 1.54) is 17.9 Å². The number of benzene rings is 2. The Morgan fingerprint density at radius 2 is 2.06 bits per heavy atom. The summed E-state index contributed by atoms with van der Waals surface area (Å²) >= 11 is 0. The molecule has 0 spiro atoms. The van der Waals surface area contributed by atoms with E-state index in [-0.39, 0.29) is 30.8 Å². The minimum Gasteiger partial charge on any atom is -0.442 e. The minimum atomic E-state index is -0.580. The van der Waals surface area contributed by atoms with Gasteiger partial charge in [0.15, 0.2) is 0 Å². The number of nitrogens with two attached hydrogens (primary N) is 1. The molecule has 0 aliphatic carbocycles. The van der Waals surface area contributed by atoms with Gasteiger partial charge in [-0.05, 0) is 42.2 Å². The molecule has 2 heterocycles. The number of cyclic esters (lactones) is 1. The summed E-state index contributed by atoms with van der Waals surface area (Å²) in [6, 6.07) is 12.1. The second-order valence-corrected chi connectivity index (χ2v) is 8.83. The number of halogens is 1. The van der Waals surface area contributed by atoms with Gasteiger partial charge in [0.1, 0.15) is 11.9 Å². The topological polar surface area (TPSA) is 130 Å². The molecule has 2 aromatic carbocycles. The summed E-state index contributed by atoms with van der Waals surface area (Å²) in [5.74, 6) is -1.35. The summed E-state index contributed by atoms with van der Waals surface area (Å²) in [6.45, 7) is 1.81. The zero-order chi connectivity index (χ0) is 25.7. The zero-order valence-corrected chi connectivity index (χ0v) is 19.9. The summed E-state index contributed by atoms with van der Waals surface area (Å²) in [4.78, 5) is 43.4. The molecule has 9 nitrogen and oxygen atoms in total. The van der Waals surface area contributed by atoms with Crippen LogP contribution in [0.5, 0.6) is 0 Å². The molecule has 0 saturated carbocycles. The number of aromatic amines is 1. The summed E-state index contributed by atoms with van der Waals surface area (Å²) in [5, 5.41) is 2.61. The zero-order valence-electron chi connectivity index (χ0n) is 19.9. The van der Waals surface area contributed by atoms with Gasteiger partial charge in [0, 0.05) is 36.7 Å². The molecular formula is C26H28FN5O4. The number of carbonyl (C=O) groups is 3. The Kier molecular flexibility index (Phi) is 7.62. The molecule has 1 saturated heterocycles. The van der Waals surface area contributed by atoms with E-state index in [1.807, 2.05) is 24.3 Å². The molecule has 1 fully saturated rings. The number of aryl methyl sites for hydroxylation is 1. The van der Waals surface area contributed by atoms with Crippen LogP contribution in [0.1, 0.15) is 24.6 Å². The van der Waals surface area contributed by atoms with E-state index in [9.17, 15) is 18.8 Å². The molecule has 0 unspecified atom stereocenters. The van der Waals surface area contributed by atoms with Crippen LogP contribution in [0.25, 0.3) is 11.1 Å². The SMILES string of the molecule is CC(=O)NC[C@H]1CN(c2ccc(-c3ccc(CC[C@@H](Cc4cnc[nH]4)C(N)=O)cc3)c(F)c2)C(=O)O1. The highest BCUT2D eigenvalue weighted by Crippen LogP contribution is 2.29. The van der Waals surface area contributed by atoms with E-state index in [1.54, 1.807) is 24.7 Å². The van der Waals surface area contributed by atoms with Crippen LogP contribution in [0, 0.1) is 11.7 Å². The molecule has 188 valence electrons. The summed E-state index contributed by atoms with van der Waals surface area (Å²) < 4.78 is 20.2. The smallest absolute Gasteiger partial charge is 0.414 e. The van der Waals surface area contributed by atoms with Crippen LogP contribution < -0.4 is 16.0 Å². The van der Waals surface area contributed by atoms with Gasteiger partial charge in [-0.3, -0.25) is 14.5 Å². The Morgan fingerprint density at radius 3 is 2.69 bits per heavy atom. The van der Waals surface area contributed by atoms with Crippen molar-refractivity contribution in [2.24, 2.45) is 11.7 Å². The summed E-state index contributed by atoms with van der Waals surface area (Å²) in [5.41, 5.74) is 8.93. The van der Waals surface area contributed by atoms with Crippen LogP contribution in [0.4, 0.5) is 14.9 Å². The number of H-pyrrole nitrogens is 1. The third-order valence-corrected chi connectivity index (χ3v) is 6.19. The van der Waals surface area contributed by atoms with Gasteiger partial charge in [-0.2, -0.15) is 0 Å². The van der Waals surface area contributed by atoms with Crippen molar-refractivity contribution < 1.29 is 23.5 Å². The van der Waals surface area contributed by atoms with Gasteiger partial charge in [-0.15, -0.1) is 0 Å². The fourth-order valence-corrected chi connectivity index (χ4v) is 4.20. The van der Waals surface area contributed by atoms with E-state index in [2.05, 4.69) is 15.3 Å². The van der Waals surface area contributed by atoms with Crippen molar-refractivity contribution in [2.45, 2.75) is 32.3 Å². The molecule has 4 rings (SSSR count). The molecule has 3 amide bonds. The summed E-state index contributed by atoms with van der Waals surface area (Å²) in [6.07, 6.45) is 3.92. The predicted molar refractivity (Wildman–Crippen MR) is 131 cm³/mol. The van der Waals surface area contributed by atoms with Crippen molar-refractivity contribution in [1.82, 2.24) is 15.3 Å². The van der Waals surface area contributed by atoms with E-state index in [0.29, 0.717) is 36.1 Å². The molecule has 36 heavy (non-hydrogen) atoms. The van der Waals surface area contributed by atoms with Crippen LogP contribution >= 0.6 is 0 Å². The number of hydrogen-bond acceptors (Lipinski definition) is 5. The summed E-state index contributed by atoms with van der Waals surface area (Å²) in [7, 11) is 0. The highest BCUT2D eigenvalue weighted by Gasteiger charge is 2.32. The molecule has 0 bridgehead atoms. The second kappa shape index (κ2) is 11.0. The van der Waals surface area contributed by atoms with Crippen molar-refractivity contribution in [3.8, 4) is 11.1 Å². The minimum absolute atomic E-state index is 0.202. The van der Waals surface area contributed by atoms with Gasteiger partial charge in [-0.25, -0.2) is 14.2 Å². The van der Waals surface area contributed by atoms with Crippen molar-refractivity contribution in [3.63, 3.8) is 0 Å². The van der Waals surface area contributed by atoms with Crippen molar-refractivity contribution in [1.29, 1.82) is 0 Å². The Hall–Kier alpha value is -4.21. The van der Waals surface area contributed by atoms with Crippen LogP contribution in [0.3, 0.4) is 0 Å². The fraction of sp³-hybridized carbons (Fsp3) is 0.308. The van der Waals surface area contributed by atoms with E-state index < -0.39 is 18.0 Å². The lowest BCUT2D eigenvalue weighted by molar-refractivity contribution is -0.122. The number of nitrogens with zero attached hydrogens (tertiary/aromatic N) is 2. The first-order valence-electron chi connectivity index (χ1n) is 11.7. The first-order valence-corrected chi connectivity index (χ1v) is 11.7. The predicted octanol–water partition coefficient (Wildman–Crippen LogP) is 2.95. The van der Waals surface area contributed by atoms with Gasteiger partial charge >= 0.3 is 6.09 Å². The third-order valence-electron chi connectivity index (χ3n) is 6.19. The highest BCUT2D eigenvalue weighted by atomic mass is 19.1. The lowest BCUT2D eigenvalue weighted by Crippen LogP contribution is -2.33. The van der Waals surface area contributed by atoms with Crippen molar-refractivity contribution in [2.75, 3.05) is 18.0 Å². The maximum absolute atomic E-state index is 15.0. The molecule has 4 N–H and O–H groups in total. The van der Waals surface area contributed by atoms with Gasteiger partial charge in [-0.1, -0.05) is 24.3 Å². The van der Waals surface area contributed by atoms with E-state index >= 15 is 0 Å². The number of amides is 3. The average molecular weight is 494 g/mol. The number of ether oxygens (including phenoxy) is 1. The van der Waals surface area contributed by atoms with Crippen molar-refractivity contribution >= 4 is 23.6 Å². The standard InChI is InChI=1S/C26H28FN5O4/c1-16(33)30-13-22-14-32(26(35)36-22)21-8-9-23(24(27)11-21)18-5-2-17(3-6-18)4-7-19(25(28)34)10-20-12-29-15-31-20/h2-3,5-6,8-9,11-12,15,19,22H,4,7,10,13-14H2,1H3,(H2,28,34)(H,29,31)(H,30,33)/t19-,22-/m0/s1. The van der Waals surface area contributed by atoms with Crippen LogP contribution in [0.2, 0.25) is 0 Å². The number of imidazole rings is 1. The lowest BCUT2D eigenvalue weighted by Gasteiger charge is -2.15. The van der Waals surface area contributed by atoms with Gasteiger partial charge in [0.05, 0.1) is 25.1 Å². The second-order valence-electron chi connectivity index (χ2n) is 8.83. The largest absolute Gasteiger partial charge is 0.442 e. The maximum atomic E-state index is 15.0. The van der Waals surface area contributed by atoms with Gasteiger partial charge in [0.25, 0.3) is 0 Å². The molecule has 10 heteroatoms. The first-order chi connectivity index (χ1) is 17.3. The normalized spacial score (nSPS) is 16.0. The number of aromatic nitrogens is 2. The monoisotopic (exact) mass is 493 g/mol. The number of carbonyl (C=O) groups excluding carboxylic acids is 3. The molecule has 1 aliphatic heterocycles. The Labute approximate surface area is 207 Å². The molecule has 0 radical (unpaired) electrons. The van der Waals surface area contributed by atoms with E-state index in [4.69, 9.17) is 10.5 Å². The van der Waals surface area contributed by atoms with Crippen molar-refractivity contribution in [3.05, 3.63) is 72.1 Å². The number of nitrogens with one attached hydrogen (secondary N) is 2. The molecule has 3 aromatic rings. The maximum Gasteiger partial charge on any atom is 0.414 e. The molecule has 1 aromatic heterocycles. The first kappa shape index (κ1) is 24.9. The fourth-order valence-electron chi connectivity index (χ4n) is 4.20.